The van der Waals surface area contributed by atoms with Crippen LogP contribution in [0, 0.1) is 47.3 Å². The zero-order valence-electron chi connectivity index (χ0n) is 22.5. The molecule has 0 bridgehead atoms. The first-order chi connectivity index (χ1) is 17.1. The van der Waals surface area contributed by atoms with E-state index in [0.29, 0.717) is 29.5 Å². The fraction of sp³-hybridized carbons (Fsp3) is 0.767. The van der Waals surface area contributed by atoms with E-state index in [9.17, 15) is 9.90 Å². The predicted octanol–water partition coefficient (Wildman–Crippen LogP) is 5.35. The number of Topliss-reactive ketones (excluding diaryl/α,β-unsaturated/α-hetero) is 1. The highest BCUT2D eigenvalue weighted by Crippen LogP contribution is 2.68. The number of benzene rings is 1. The second-order valence-corrected chi connectivity index (χ2v) is 13.4. The number of hydrogen-bond acceptors (Lipinski definition) is 5. The summed E-state index contributed by atoms with van der Waals surface area (Å²) >= 11 is 0. The van der Waals surface area contributed by atoms with Gasteiger partial charge in [-0.15, -0.1) is 0 Å². The number of hydrogen-bond donors (Lipinski definition) is 1. The Kier molecular flexibility index (Phi) is 5.88. The van der Waals surface area contributed by atoms with E-state index in [-0.39, 0.29) is 23.3 Å². The number of rotatable bonds is 5. The number of fused-ring (bicyclic) bond motifs is 6. The minimum atomic E-state index is -0.535. The number of ketones is 1. The maximum absolute atomic E-state index is 13.7. The minimum absolute atomic E-state index is 0.0721. The fourth-order valence-corrected chi connectivity index (χ4v) is 9.70. The normalized spacial score (nSPS) is 42.1. The van der Waals surface area contributed by atoms with Gasteiger partial charge in [-0.05, 0) is 124 Å². The van der Waals surface area contributed by atoms with Gasteiger partial charge in [0.1, 0.15) is 17.6 Å². The number of carbonyl (C=O) groups excluding carboxylic acids is 1. The van der Waals surface area contributed by atoms with Crippen LogP contribution in [-0.2, 0) is 16.1 Å². The van der Waals surface area contributed by atoms with Gasteiger partial charge in [0.2, 0.25) is 0 Å². The van der Waals surface area contributed by atoms with Crippen LogP contribution in [-0.4, -0.2) is 45.2 Å². The van der Waals surface area contributed by atoms with Crippen molar-refractivity contribution in [2.45, 2.75) is 90.7 Å². The van der Waals surface area contributed by atoms with Crippen LogP contribution in [0.15, 0.2) is 18.2 Å². The second kappa shape index (κ2) is 8.62. The second-order valence-electron chi connectivity index (χ2n) is 13.4. The number of aryl methyl sites for hydroxylation is 1. The van der Waals surface area contributed by atoms with E-state index in [1.54, 1.807) is 4.80 Å². The predicted molar refractivity (Wildman–Crippen MR) is 139 cm³/mol. The quantitative estimate of drug-likeness (QED) is 0.608. The molecule has 0 aliphatic heterocycles. The third kappa shape index (κ3) is 3.77. The van der Waals surface area contributed by atoms with Crippen LogP contribution in [0.5, 0.6) is 0 Å². The van der Waals surface area contributed by atoms with Crippen molar-refractivity contribution in [1.82, 2.24) is 15.0 Å². The number of ether oxygens (including phenoxy) is 1. The van der Waals surface area contributed by atoms with E-state index in [1.165, 1.54) is 19.3 Å². The van der Waals surface area contributed by atoms with Gasteiger partial charge < -0.3 is 9.84 Å². The third-order valence-electron chi connectivity index (χ3n) is 11.3. The average Bonchev–Trinajstić information content (AvgIpc) is 3.38. The Morgan fingerprint density at radius 2 is 1.86 bits per heavy atom. The number of nitrogens with zero attached hydrogens (tertiary/aromatic N) is 3. The summed E-state index contributed by atoms with van der Waals surface area (Å²) in [7, 11) is 1.85. The Morgan fingerprint density at radius 1 is 1.06 bits per heavy atom. The molecular weight excluding hydrogens is 450 g/mol. The molecule has 6 rings (SSSR count). The van der Waals surface area contributed by atoms with Crippen molar-refractivity contribution in [2.75, 3.05) is 13.7 Å². The summed E-state index contributed by atoms with van der Waals surface area (Å²) in [5.41, 5.74) is 2.61. The van der Waals surface area contributed by atoms with Crippen LogP contribution in [0.25, 0.3) is 11.0 Å². The molecule has 4 aliphatic carbocycles. The topological polar surface area (TPSA) is 77.2 Å². The summed E-state index contributed by atoms with van der Waals surface area (Å²) < 4.78 is 5.90. The van der Waals surface area contributed by atoms with Gasteiger partial charge in [0.25, 0.3) is 0 Å². The van der Waals surface area contributed by atoms with E-state index in [2.05, 4.69) is 24.0 Å². The van der Waals surface area contributed by atoms with Gasteiger partial charge in [-0.3, -0.25) is 4.79 Å². The molecule has 1 aromatic carbocycles. The lowest BCUT2D eigenvalue weighted by atomic mass is 9.43. The average molecular weight is 494 g/mol. The lowest BCUT2D eigenvalue weighted by molar-refractivity contribution is -0.175. The molecule has 6 nitrogen and oxygen atoms in total. The van der Waals surface area contributed by atoms with E-state index in [4.69, 9.17) is 4.74 Å². The number of carbonyl (C=O) groups is 1. The van der Waals surface area contributed by atoms with Gasteiger partial charge >= 0.3 is 0 Å². The summed E-state index contributed by atoms with van der Waals surface area (Å²) in [4.78, 5) is 15.3. The first-order valence-electron chi connectivity index (χ1n) is 14.2. The summed E-state index contributed by atoms with van der Waals surface area (Å²) in [5.74, 6) is 2.89. The maximum atomic E-state index is 13.7. The van der Waals surface area contributed by atoms with Crippen LogP contribution in [0.3, 0.4) is 0 Å². The highest BCUT2D eigenvalue weighted by molar-refractivity contribution is 5.82. The molecule has 0 amide bonds. The van der Waals surface area contributed by atoms with Crippen LogP contribution in [0.2, 0.25) is 0 Å². The standard InChI is InChI=1S/C30H43N3O3/c1-19-5-10-25-26(15-19)32-33(31-25)17-27(34)24-9-8-22-21-7-6-20-16-28(2,35)13-14-30(20,18-36-4)23(21)11-12-29(22,24)3/h5,10,15,20-24,35H,6-9,11-14,16-18H2,1-4H3/t20-,21-,22-,23-,24+,28+,29-,30+/m0/s1. The SMILES string of the molecule is COC[C@]12CC[C@@](C)(O)C[C@@H]1CC[C@H]1[C@@H]3CC[C@H](C(=O)Cn4nc5ccc(C)cc5n4)[C@@]3(C)CC[C@@H]12. The molecule has 0 spiro atoms. The minimum Gasteiger partial charge on any atom is -0.390 e. The molecule has 196 valence electrons. The van der Waals surface area contributed by atoms with Crippen LogP contribution >= 0.6 is 0 Å². The van der Waals surface area contributed by atoms with Crippen molar-refractivity contribution < 1.29 is 14.6 Å². The zero-order chi connectivity index (χ0) is 25.3. The largest absolute Gasteiger partial charge is 0.390 e. The van der Waals surface area contributed by atoms with Crippen molar-refractivity contribution in [1.29, 1.82) is 0 Å². The number of aromatic nitrogens is 3. The first-order valence-corrected chi connectivity index (χ1v) is 14.2. The highest BCUT2D eigenvalue weighted by Gasteiger charge is 2.63. The molecule has 8 atom stereocenters. The van der Waals surface area contributed by atoms with E-state index in [0.717, 1.165) is 61.7 Å². The Morgan fingerprint density at radius 3 is 2.67 bits per heavy atom. The number of methoxy groups -OCH3 is 1. The first kappa shape index (κ1) is 24.5. The highest BCUT2D eigenvalue weighted by atomic mass is 16.5. The van der Waals surface area contributed by atoms with Crippen LogP contribution < -0.4 is 0 Å². The molecule has 36 heavy (non-hydrogen) atoms. The summed E-state index contributed by atoms with van der Waals surface area (Å²) in [6.45, 7) is 7.60. The van der Waals surface area contributed by atoms with E-state index >= 15 is 0 Å². The van der Waals surface area contributed by atoms with Gasteiger partial charge in [-0.25, -0.2) is 0 Å². The summed E-state index contributed by atoms with van der Waals surface area (Å²) in [6, 6.07) is 6.07. The molecule has 4 aliphatic rings. The maximum Gasteiger partial charge on any atom is 0.159 e. The van der Waals surface area contributed by atoms with Crippen molar-refractivity contribution in [3.05, 3.63) is 23.8 Å². The molecule has 1 heterocycles. The molecule has 4 fully saturated rings. The van der Waals surface area contributed by atoms with Crippen molar-refractivity contribution in [2.24, 2.45) is 40.4 Å². The monoisotopic (exact) mass is 493 g/mol. The molecule has 0 saturated heterocycles. The zero-order valence-corrected chi connectivity index (χ0v) is 22.5. The lowest BCUT2D eigenvalue weighted by Crippen LogP contribution is -2.58. The Bertz CT molecular complexity index is 1160. The fourth-order valence-electron chi connectivity index (χ4n) is 9.70. The Balaban J connectivity index is 1.22. The van der Waals surface area contributed by atoms with Crippen LogP contribution in [0.1, 0.15) is 77.2 Å². The molecule has 0 unspecified atom stereocenters. The molecular formula is C30H43N3O3. The smallest absolute Gasteiger partial charge is 0.159 e. The van der Waals surface area contributed by atoms with Gasteiger partial charge in [0, 0.05) is 13.0 Å². The Labute approximate surface area is 215 Å². The summed E-state index contributed by atoms with van der Waals surface area (Å²) in [6.07, 6.45) is 9.76. The van der Waals surface area contributed by atoms with Crippen molar-refractivity contribution in [3.63, 3.8) is 0 Å². The third-order valence-corrected chi connectivity index (χ3v) is 11.3. The molecule has 0 radical (unpaired) electrons. The van der Waals surface area contributed by atoms with Gasteiger partial charge in [-0.2, -0.15) is 15.0 Å². The van der Waals surface area contributed by atoms with Gasteiger partial charge in [-0.1, -0.05) is 13.0 Å². The van der Waals surface area contributed by atoms with E-state index in [1.807, 2.05) is 32.2 Å². The molecule has 4 saturated carbocycles. The van der Waals surface area contributed by atoms with Crippen LogP contribution in [0.4, 0.5) is 0 Å². The van der Waals surface area contributed by atoms with Crippen molar-refractivity contribution in [3.8, 4) is 0 Å². The summed E-state index contributed by atoms with van der Waals surface area (Å²) in [5, 5.41) is 20.1. The van der Waals surface area contributed by atoms with Gasteiger partial charge in [0.05, 0.1) is 12.2 Å². The molecule has 1 N–H and O–H groups in total. The Hall–Kier alpha value is -1.79. The van der Waals surface area contributed by atoms with Gasteiger partial charge in [0.15, 0.2) is 5.78 Å². The molecule has 6 heteroatoms. The molecule has 1 aromatic heterocycles. The molecule has 2 aromatic rings. The van der Waals surface area contributed by atoms with E-state index < -0.39 is 5.60 Å². The number of aliphatic hydroxyl groups is 1. The lowest BCUT2D eigenvalue weighted by Gasteiger charge is -2.62. The van der Waals surface area contributed by atoms with Crippen molar-refractivity contribution >= 4 is 16.8 Å².